The van der Waals surface area contributed by atoms with Crippen LogP contribution in [-0.2, 0) is 0 Å². The second-order valence-corrected chi connectivity index (χ2v) is 1.65. The highest BCUT2D eigenvalue weighted by atomic mass is 19.1. The monoisotopic (exact) mass is 160 g/mol. The number of carboxylic acids is 1. The fraction of sp³-hybridized carbons (Fsp3) is 0. The Kier molecular flexibility index (Phi) is 1.75. The molecule has 11 heavy (non-hydrogen) atoms. The predicted molar refractivity (Wildman–Crippen MR) is 28.9 cm³/mol. The standard InChI is InChI=1S/C5H2F2N2O2/c6-3-2(4(10)11)1-8-5(7)9-3/h1H,(H,10,11). The van der Waals surface area contributed by atoms with Crippen LogP contribution >= 0.6 is 0 Å². The van der Waals surface area contributed by atoms with Crippen LogP contribution in [0.4, 0.5) is 8.78 Å². The first kappa shape index (κ1) is 7.52. The molecule has 1 N–H and O–H groups in total. The summed E-state index contributed by atoms with van der Waals surface area (Å²) in [6.45, 7) is 0. The van der Waals surface area contributed by atoms with Gasteiger partial charge in [-0.15, -0.1) is 0 Å². The highest BCUT2D eigenvalue weighted by Crippen LogP contribution is 2.01. The lowest BCUT2D eigenvalue weighted by atomic mass is 10.3. The van der Waals surface area contributed by atoms with Crippen molar-refractivity contribution in [3.8, 4) is 0 Å². The van der Waals surface area contributed by atoms with Crippen molar-refractivity contribution in [2.75, 3.05) is 0 Å². The lowest BCUT2D eigenvalue weighted by Crippen LogP contribution is -2.05. The zero-order valence-corrected chi connectivity index (χ0v) is 5.08. The topological polar surface area (TPSA) is 63.1 Å². The summed E-state index contributed by atoms with van der Waals surface area (Å²) in [7, 11) is 0. The van der Waals surface area contributed by atoms with E-state index in [0.29, 0.717) is 6.20 Å². The third kappa shape index (κ3) is 1.46. The van der Waals surface area contributed by atoms with Crippen molar-refractivity contribution in [1.82, 2.24) is 9.97 Å². The van der Waals surface area contributed by atoms with E-state index in [2.05, 4.69) is 9.97 Å². The maximum atomic E-state index is 12.3. The van der Waals surface area contributed by atoms with Gasteiger partial charge in [-0.2, -0.15) is 13.8 Å². The molecule has 0 aliphatic rings. The first-order chi connectivity index (χ1) is 5.11. The van der Waals surface area contributed by atoms with E-state index in [9.17, 15) is 13.6 Å². The van der Waals surface area contributed by atoms with Gasteiger partial charge < -0.3 is 5.11 Å². The van der Waals surface area contributed by atoms with Crippen molar-refractivity contribution in [1.29, 1.82) is 0 Å². The first-order valence-electron chi connectivity index (χ1n) is 2.52. The molecule has 58 valence electrons. The van der Waals surface area contributed by atoms with Crippen LogP contribution in [0.5, 0.6) is 0 Å². The molecular weight excluding hydrogens is 158 g/mol. The number of rotatable bonds is 1. The maximum absolute atomic E-state index is 12.3. The van der Waals surface area contributed by atoms with Gasteiger partial charge in [-0.05, 0) is 0 Å². The normalized spacial score (nSPS) is 9.64. The molecule has 0 bridgehead atoms. The van der Waals surface area contributed by atoms with E-state index in [1.54, 1.807) is 0 Å². The minimum Gasteiger partial charge on any atom is -0.477 e. The molecule has 0 amide bonds. The molecular formula is C5H2F2N2O2. The van der Waals surface area contributed by atoms with Crippen molar-refractivity contribution in [3.05, 3.63) is 23.8 Å². The summed E-state index contributed by atoms with van der Waals surface area (Å²) in [5.41, 5.74) is -0.744. The SMILES string of the molecule is O=C(O)c1cnc(F)nc1F. The molecule has 0 fully saturated rings. The van der Waals surface area contributed by atoms with E-state index in [0.717, 1.165) is 0 Å². The quantitative estimate of drug-likeness (QED) is 0.478. The van der Waals surface area contributed by atoms with Crippen LogP contribution in [-0.4, -0.2) is 21.0 Å². The molecule has 0 unspecified atom stereocenters. The lowest BCUT2D eigenvalue weighted by Gasteiger charge is -1.92. The molecule has 1 heterocycles. The molecule has 0 aliphatic carbocycles. The zero-order valence-electron chi connectivity index (χ0n) is 5.08. The molecule has 4 nitrogen and oxygen atoms in total. The third-order valence-electron chi connectivity index (χ3n) is 0.943. The molecule has 1 aromatic rings. The number of carbonyl (C=O) groups is 1. The number of halogens is 2. The van der Waals surface area contributed by atoms with E-state index in [-0.39, 0.29) is 0 Å². The molecule has 0 saturated heterocycles. The summed E-state index contributed by atoms with van der Waals surface area (Å²) in [5.74, 6) is -2.90. The Morgan fingerprint density at radius 3 is 2.64 bits per heavy atom. The number of aromatic carboxylic acids is 1. The van der Waals surface area contributed by atoms with Gasteiger partial charge in [-0.1, -0.05) is 0 Å². The van der Waals surface area contributed by atoms with Gasteiger partial charge in [-0.25, -0.2) is 9.78 Å². The zero-order chi connectivity index (χ0) is 8.43. The number of nitrogens with zero attached hydrogens (tertiary/aromatic N) is 2. The van der Waals surface area contributed by atoms with Crippen LogP contribution in [0.1, 0.15) is 10.4 Å². The van der Waals surface area contributed by atoms with Crippen LogP contribution in [0, 0.1) is 12.0 Å². The Hall–Kier alpha value is -1.59. The van der Waals surface area contributed by atoms with Crippen LogP contribution in [0.25, 0.3) is 0 Å². The van der Waals surface area contributed by atoms with Crippen molar-refractivity contribution in [2.24, 2.45) is 0 Å². The van der Waals surface area contributed by atoms with Crippen molar-refractivity contribution in [2.45, 2.75) is 0 Å². The Morgan fingerprint density at radius 1 is 1.55 bits per heavy atom. The summed E-state index contributed by atoms with van der Waals surface area (Å²) < 4.78 is 24.3. The number of hydrogen-bond donors (Lipinski definition) is 1. The molecule has 0 atom stereocenters. The van der Waals surface area contributed by atoms with Crippen molar-refractivity contribution < 1.29 is 18.7 Å². The molecule has 0 aliphatic heterocycles. The van der Waals surface area contributed by atoms with Crippen LogP contribution < -0.4 is 0 Å². The fourth-order valence-corrected chi connectivity index (χ4v) is 0.485. The molecule has 0 radical (unpaired) electrons. The van der Waals surface area contributed by atoms with Crippen LogP contribution in [0.15, 0.2) is 6.20 Å². The van der Waals surface area contributed by atoms with Gasteiger partial charge in [0.1, 0.15) is 5.56 Å². The smallest absolute Gasteiger partial charge is 0.341 e. The molecule has 6 heteroatoms. The van der Waals surface area contributed by atoms with Gasteiger partial charge in [0.05, 0.1) is 6.20 Å². The minimum atomic E-state index is -1.53. The van der Waals surface area contributed by atoms with Gasteiger partial charge in [0.2, 0.25) is 5.95 Å². The number of carboxylic acid groups (broad SMARTS) is 1. The van der Waals surface area contributed by atoms with Gasteiger partial charge in [0.15, 0.2) is 0 Å². The summed E-state index contributed by atoms with van der Waals surface area (Å²) in [6, 6.07) is 0. The average Bonchev–Trinajstić information content (AvgIpc) is 1.85. The average molecular weight is 160 g/mol. The van der Waals surface area contributed by atoms with Crippen molar-refractivity contribution in [3.63, 3.8) is 0 Å². The van der Waals surface area contributed by atoms with Gasteiger partial charge in [0.25, 0.3) is 0 Å². The predicted octanol–water partition coefficient (Wildman–Crippen LogP) is 0.453. The highest BCUT2D eigenvalue weighted by Gasteiger charge is 2.12. The van der Waals surface area contributed by atoms with E-state index in [1.807, 2.05) is 0 Å². The van der Waals surface area contributed by atoms with Gasteiger partial charge in [-0.3, -0.25) is 0 Å². The Labute approximate surface area is 59.5 Å². The molecule has 0 spiro atoms. The molecule has 0 saturated carbocycles. The lowest BCUT2D eigenvalue weighted by molar-refractivity contribution is 0.0689. The first-order valence-corrected chi connectivity index (χ1v) is 2.52. The van der Waals surface area contributed by atoms with E-state index < -0.39 is 23.6 Å². The van der Waals surface area contributed by atoms with Gasteiger partial charge >= 0.3 is 12.0 Å². The van der Waals surface area contributed by atoms with E-state index in [4.69, 9.17) is 5.11 Å². The number of hydrogen-bond acceptors (Lipinski definition) is 3. The van der Waals surface area contributed by atoms with Crippen LogP contribution in [0.3, 0.4) is 0 Å². The van der Waals surface area contributed by atoms with E-state index >= 15 is 0 Å². The molecule has 1 rings (SSSR count). The summed E-state index contributed by atoms with van der Waals surface area (Å²) in [6.07, 6.45) is -0.715. The second-order valence-electron chi connectivity index (χ2n) is 1.65. The summed E-state index contributed by atoms with van der Waals surface area (Å²) in [5, 5.41) is 8.21. The van der Waals surface area contributed by atoms with Crippen molar-refractivity contribution >= 4 is 5.97 Å². The maximum Gasteiger partial charge on any atom is 0.341 e. The Bertz CT molecular complexity index is 303. The largest absolute Gasteiger partial charge is 0.477 e. The Morgan fingerprint density at radius 2 is 2.18 bits per heavy atom. The molecule has 1 aromatic heterocycles. The van der Waals surface area contributed by atoms with Crippen LogP contribution in [0.2, 0.25) is 0 Å². The van der Waals surface area contributed by atoms with Gasteiger partial charge in [0, 0.05) is 0 Å². The Balaban J connectivity index is 3.20. The summed E-state index contributed by atoms with van der Waals surface area (Å²) in [4.78, 5) is 15.5. The number of aromatic nitrogens is 2. The second kappa shape index (κ2) is 2.57. The fourth-order valence-electron chi connectivity index (χ4n) is 0.485. The third-order valence-corrected chi connectivity index (χ3v) is 0.943. The summed E-state index contributed by atoms with van der Waals surface area (Å²) >= 11 is 0. The highest BCUT2D eigenvalue weighted by molar-refractivity contribution is 5.86. The molecule has 0 aromatic carbocycles. The van der Waals surface area contributed by atoms with E-state index in [1.165, 1.54) is 0 Å². The minimum absolute atomic E-state index is 0.569.